The van der Waals surface area contributed by atoms with Crippen LogP contribution in [0.5, 0.6) is 0 Å². The lowest BCUT2D eigenvalue weighted by atomic mass is 10.2. The first kappa shape index (κ1) is 10.0. The van der Waals surface area contributed by atoms with Gasteiger partial charge in [-0.3, -0.25) is 0 Å². The molecule has 0 saturated carbocycles. The second-order valence-corrected chi connectivity index (χ2v) is 2.98. The van der Waals surface area contributed by atoms with Crippen LogP contribution in [0.25, 0.3) is 0 Å². The van der Waals surface area contributed by atoms with Crippen molar-refractivity contribution in [2.75, 3.05) is 12.4 Å². The van der Waals surface area contributed by atoms with E-state index >= 15 is 0 Å². The Hall–Kier alpha value is 0.0300. The predicted octanol–water partition coefficient (Wildman–Crippen LogP) is -0.659. The van der Waals surface area contributed by atoms with Crippen LogP contribution in [0.1, 0.15) is 12.8 Å². The monoisotopic (exact) mass is 168 g/mol. The Morgan fingerprint density at radius 2 is 2.10 bits per heavy atom. The van der Waals surface area contributed by atoms with E-state index in [1.165, 1.54) is 0 Å². The molecular formula is C5H12O4S. The van der Waals surface area contributed by atoms with Crippen LogP contribution in [0.4, 0.5) is 0 Å². The van der Waals surface area contributed by atoms with Crippen molar-refractivity contribution in [1.29, 1.82) is 0 Å². The molecule has 0 aliphatic rings. The van der Waals surface area contributed by atoms with Crippen LogP contribution < -0.4 is 0 Å². The first-order valence-corrected chi connectivity index (χ1v) is 4.30. The van der Waals surface area contributed by atoms with Gasteiger partial charge in [-0.15, -0.1) is 0 Å². The van der Waals surface area contributed by atoms with Crippen LogP contribution in [0.15, 0.2) is 0 Å². The summed E-state index contributed by atoms with van der Waals surface area (Å²) in [5.74, 6) is -0.125. The molecule has 0 rings (SSSR count). The van der Waals surface area contributed by atoms with Crippen LogP contribution in [-0.2, 0) is 11.1 Å². The topological polar surface area (TPSA) is 77.8 Å². The number of rotatable bonds is 5. The highest BCUT2D eigenvalue weighted by Gasteiger charge is 2.05. The molecule has 0 saturated heterocycles. The Morgan fingerprint density at radius 1 is 1.50 bits per heavy atom. The van der Waals surface area contributed by atoms with Crippen LogP contribution in [0, 0.1) is 0 Å². The summed E-state index contributed by atoms with van der Waals surface area (Å²) in [7, 11) is 0. The number of hydrogen-bond donors (Lipinski definition) is 3. The van der Waals surface area contributed by atoms with Gasteiger partial charge in [0.2, 0.25) is 0 Å². The molecule has 0 bridgehead atoms. The largest absolute Gasteiger partial charge is 0.396 e. The molecular weight excluding hydrogens is 156 g/mol. The van der Waals surface area contributed by atoms with E-state index in [-0.39, 0.29) is 12.4 Å². The van der Waals surface area contributed by atoms with Gasteiger partial charge in [-0.25, -0.2) is 4.21 Å². The molecule has 0 radical (unpaired) electrons. The molecule has 4 nitrogen and oxygen atoms in total. The summed E-state index contributed by atoms with van der Waals surface area (Å²) in [4.78, 5) is 0. The molecule has 2 atom stereocenters. The van der Waals surface area contributed by atoms with E-state index in [0.717, 1.165) is 0 Å². The van der Waals surface area contributed by atoms with Crippen molar-refractivity contribution in [3.05, 3.63) is 0 Å². The highest BCUT2D eigenvalue weighted by molar-refractivity contribution is 7.79. The molecule has 0 aromatic heterocycles. The summed E-state index contributed by atoms with van der Waals surface area (Å²) in [6, 6.07) is 0. The minimum absolute atomic E-state index is 0.00905. The lowest BCUT2D eigenvalue weighted by Crippen LogP contribution is -2.16. The normalized spacial score (nSPS) is 16.7. The van der Waals surface area contributed by atoms with Crippen molar-refractivity contribution >= 4 is 11.1 Å². The van der Waals surface area contributed by atoms with Gasteiger partial charge in [0, 0.05) is 6.61 Å². The summed E-state index contributed by atoms with van der Waals surface area (Å²) in [5.41, 5.74) is 0. The minimum Gasteiger partial charge on any atom is -0.396 e. The quantitative estimate of drug-likeness (QED) is 0.476. The maximum Gasteiger partial charge on any atom is 0.155 e. The fourth-order valence-corrected chi connectivity index (χ4v) is 1.07. The number of aliphatic hydroxyl groups excluding tert-OH is 2. The van der Waals surface area contributed by atoms with Crippen molar-refractivity contribution in [2.45, 2.75) is 18.9 Å². The van der Waals surface area contributed by atoms with Gasteiger partial charge >= 0.3 is 0 Å². The molecule has 0 fully saturated rings. The van der Waals surface area contributed by atoms with Crippen molar-refractivity contribution in [1.82, 2.24) is 0 Å². The molecule has 0 aliphatic heterocycles. The molecule has 0 spiro atoms. The average molecular weight is 168 g/mol. The third kappa shape index (κ3) is 6.15. The van der Waals surface area contributed by atoms with Gasteiger partial charge in [0.1, 0.15) is 0 Å². The molecule has 0 aromatic rings. The Kier molecular flexibility index (Phi) is 5.81. The van der Waals surface area contributed by atoms with Crippen LogP contribution in [0.3, 0.4) is 0 Å². The van der Waals surface area contributed by atoms with Gasteiger partial charge in [-0.1, -0.05) is 0 Å². The predicted molar refractivity (Wildman–Crippen MR) is 38.0 cm³/mol. The zero-order valence-electron chi connectivity index (χ0n) is 5.56. The Labute approximate surface area is 62.2 Å². The molecule has 0 aliphatic carbocycles. The van der Waals surface area contributed by atoms with Gasteiger partial charge in [-0.2, -0.15) is 0 Å². The van der Waals surface area contributed by atoms with Crippen LogP contribution in [0.2, 0.25) is 0 Å². The van der Waals surface area contributed by atoms with Gasteiger partial charge in [0.15, 0.2) is 11.1 Å². The van der Waals surface area contributed by atoms with E-state index in [9.17, 15) is 4.21 Å². The van der Waals surface area contributed by atoms with E-state index in [0.29, 0.717) is 12.8 Å². The van der Waals surface area contributed by atoms with Crippen molar-refractivity contribution in [3.8, 4) is 0 Å². The van der Waals surface area contributed by atoms with Crippen LogP contribution >= 0.6 is 0 Å². The summed E-state index contributed by atoms with van der Waals surface area (Å²) in [5, 5.41) is 17.2. The van der Waals surface area contributed by atoms with E-state index < -0.39 is 17.2 Å². The van der Waals surface area contributed by atoms with Crippen molar-refractivity contribution < 1.29 is 19.0 Å². The van der Waals surface area contributed by atoms with E-state index in [4.69, 9.17) is 14.8 Å². The Balaban J connectivity index is 3.25. The summed E-state index contributed by atoms with van der Waals surface area (Å²) in [6.45, 7) is 0.00905. The standard InChI is InChI=1S/C5H12O4S/c6-3-1-2-5(7)4-10(8)9/h5-7H,1-4H2,(H,8,9). The maximum absolute atomic E-state index is 10.1. The third-order valence-corrected chi connectivity index (χ3v) is 1.70. The van der Waals surface area contributed by atoms with E-state index in [1.807, 2.05) is 0 Å². The zero-order chi connectivity index (χ0) is 7.98. The third-order valence-electron chi connectivity index (χ3n) is 1.03. The second-order valence-electron chi connectivity index (χ2n) is 2.01. The molecule has 0 aromatic carbocycles. The number of hydrogen-bond acceptors (Lipinski definition) is 3. The van der Waals surface area contributed by atoms with E-state index in [2.05, 4.69) is 0 Å². The SMILES string of the molecule is O=S(O)CC(O)CCCO. The van der Waals surface area contributed by atoms with Gasteiger partial charge < -0.3 is 14.8 Å². The molecule has 0 heterocycles. The first-order valence-electron chi connectivity index (χ1n) is 3.03. The molecule has 62 valence electrons. The molecule has 5 heteroatoms. The van der Waals surface area contributed by atoms with Crippen molar-refractivity contribution in [3.63, 3.8) is 0 Å². The summed E-state index contributed by atoms with van der Waals surface area (Å²) in [6.07, 6.45) is 0.0826. The molecule has 2 unspecified atom stereocenters. The minimum atomic E-state index is -1.93. The summed E-state index contributed by atoms with van der Waals surface area (Å²) < 4.78 is 18.3. The van der Waals surface area contributed by atoms with Gasteiger partial charge in [0.05, 0.1) is 11.9 Å². The highest BCUT2D eigenvalue weighted by atomic mass is 32.2. The maximum atomic E-state index is 10.1. The highest BCUT2D eigenvalue weighted by Crippen LogP contribution is 1.96. The Morgan fingerprint density at radius 3 is 2.50 bits per heavy atom. The van der Waals surface area contributed by atoms with Crippen molar-refractivity contribution in [2.24, 2.45) is 0 Å². The van der Waals surface area contributed by atoms with Gasteiger partial charge in [-0.05, 0) is 12.8 Å². The fourth-order valence-electron chi connectivity index (χ4n) is 0.575. The molecule has 10 heavy (non-hydrogen) atoms. The average Bonchev–Trinajstić information content (AvgIpc) is 1.82. The lowest BCUT2D eigenvalue weighted by Gasteiger charge is -2.04. The fraction of sp³-hybridized carbons (Fsp3) is 1.00. The number of aliphatic hydroxyl groups is 2. The molecule has 0 amide bonds. The van der Waals surface area contributed by atoms with Gasteiger partial charge in [0.25, 0.3) is 0 Å². The zero-order valence-corrected chi connectivity index (χ0v) is 6.38. The van der Waals surface area contributed by atoms with Crippen LogP contribution in [-0.4, -0.2) is 37.4 Å². The van der Waals surface area contributed by atoms with E-state index in [1.54, 1.807) is 0 Å². The molecule has 3 N–H and O–H groups in total. The smallest absolute Gasteiger partial charge is 0.155 e. The first-order chi connectivity index (χ1) is 4.66. The lowest BCUT2D eigenvalue weighted by molar-refractivity contribution is 0.168. The Bertz CT molecular complexity index is 106. The summed E-state index contributed by atoms with van der Waals surface area (Å²) >= 11 is -1.93. The second kappa shape index (κ2) is 5.79.